The maximum absolute atomic E-state index is 13.0. The van der Waals surface area contributed by atoms with Gasteiger partial charge in [-0.05, 0) is 61.1 Å². The molecule has 2 atom stereocenters. The van der Waals surface area contributed by atoms with Crippen LogP contribution in [0.15, 0.2) is 36.4 Å². The van der Waals surface area contributed by atoms with E-state index in [1.54, 1.807) is 14.2 Å². The number of nitrogens with zero attached hydrogens (tertiary/aromatic N) is 1. The summed E-state index contributed by atoms with van der Waals surface area (Å²) in [6, 6.07) is 12.4. The summed E-state index contributed by atoms with van der Waals surface area (Å²) in [5.74, 6) is 2.62. The predicted octanol–water partition coefficient (Wildman–Crippen LogP) is 4.32. The number of benzene rings is 2. The molecule has 2 heterocycles. The van der Waals surface area contributed by atoms with E-state index in [9.17, 15) is 4.79 Å². The number of hydrogen-bond acceptors (Lipinski definition) is 4. The number of fused-ring (bicyclic) bond motifs is 1. The van der Waals surface area contributed by atoms with Crippen LogP contribution < -0.4 is 14.2 Å². The van der Waals surface area contributed by atoms with Crippen LogP contribution in [0.2, 0.25) is 0 Å². The number of aryl methyl sites for hydroxylation is 1. The Hall–Kier alpha value is -2.69. The van der Waals surface area contributed by atoms with Gasteiger partial charge in [-0.1, -0.05) is 18.2 Å². The Labute approximate surface area is 172 Å². The standard InChI is InChI=1S/C24H29NO4/c1-16-13-19-14-17(6-9-21(19)29-16)7-11-24(26)25-12-4-5-20(25)18-8-10-22(27-2)23(15-18)28-3/h6,8-10,14-16,20H,4-5,7,11-13H2,1-3H3/t16-,20-/m0/s1. The molecule has 1 amide bonds. The normalized spacial score (nSPS) is 20.3. The molecule has 5 nitrogen and oxygen atoms in total. The molecule has 0 saturated carbocycles. The second kappa shape index (κ2) is 8.36. The maximum Gasteiger partial charge on any atom is 0.223 e. The molecule has 2 aromatic rings. The second-order valence-corrected chi connectivity index (χ2v) is 7.93. The summed E-state index contributed by atoms with van der Waals surface area (Å²) in [5.41, 5.74) is 3.57. The van der Waals surface area contributed by atoms with Crippen LogP contribution in [-0.2, 0) is 17.6 Å². The lowest BCUT2D eigenvalue weighted by molar-refractivity contribution is -0.132. The van der Waals surface area contributed by atoms with E-state index in [0.29, 0.717) is 17.9 Å². The summed E-state index contributed by atoms with van der Waals surface area (Å²) in [6.07, 6.45) is 4.49. The van der Waals surface area contributed by atoms with Crippen molar-refractivity contribution >= 4 is 5.91 Å². The molecule has 1 fully saturated rings. The van der Waals surface area contributed by atoms with Gasteiger partial charge in [-0.15, -0.1) is 0 Å². The molecule has 0 aliphatic carbocycles. The number of carbonyl (C=O) groups excluding carboxylic acids is 1. The molecule has 0 aromatic heterocycles. The lowest BCUT2D eigenvalue weighted by Gasteiger charge is -2.26. The summed E-state index contributed by atoms with van der Waals surface area (Å²) in [4.78, 5) is 15.0. The zero-order valence-corrected chi connectivity index (χ0v) is 17.4. The number of rotatable bonds is 6. The Morgan fingerprint density at radius 2 is 1.97 bits per heavy atom. The molecule has 1 saturated heterocycles. The minimum absolute atomic E-state index is 0.108. The van der Waals surface area contributed by atoms with E-state index in [4.69, 9.17) is 14.2 Å². The molecule has 0 bridgehead atoms. The highest BCUT2D eigenvalue weighted by Crippen LogP contribution is 2.37. The van der Waals surface area contributed by atoms with Crippen LogP contribution in [-0.4, -0.2) is 37.7 Å². The molecule has 2 aromatic carbocycles. The van der Waals surface area contributed by atoms with E-state index in [2.05, 4.69) is 19.1 Å². The van der Waals surface area contributed by atoms with Crippen molar-refractivity contribution in [2.75, 3.05) is 20.8 Å². The Balaban J connectivity index is 1.43. The molecule has 2 aliphatic heterocycles. The van der Waals surface area contributed by atoms with Crippen LogP contribution in [0.4, 0.5) is 0 Å². The first-order valence-electron chi connectivity index (χ1n) is 10.4. The van der Waals surface area contributed by atoms with Gasteiger partial charge in [0, 0.05) is 19.4 Å². The Morgan fingerprint density at radius 1 is 1.14 bits per heavy atom. The largest absolute Gasteiger partial charge is 0.493 e. The molecular weight excluding hydrogens is 366 g/mol. The van der Waals surface area contributed by atoms with Crippen LogP contribution in [0.3, 0.4) is 0 Å². The monoisotopic (exact) mass is 395 g/mol. The van der Waals surface area contributed by atoms with Gasteiger partial charge in [0.15, 0.2) is 11.5 Å². The number of methoxy groups -OCH3 is 2. The highest BCUT2D eigenvalue weighted by atomic mass is 16.5. The van der Waals surface area contributed by atoms with Crippen LogP contribution in [0.5, 0.6) is 17.2 Å². The smallest absolute Gasteiger partial charge is 0.223 e. The third-order valence-corrected chi connectivity index (χ3v) is 5.95. The van der Waals surface area contributed by atoms with Gasteiger partial charge in [0.2, 0.25) is 5.91 Å². The molecule has 0 spiro atoms. The predicted molar refractivity (Wildman–Crippen MR) is 112 cm³/mol. The number of hydrogen-bond donors (Lipinski definition) is 0. The van der Waals surface area contributed by atoms with Crippen molar-refractivity contribution in [2.45, 2.75) is 51.2 Å². The molecule has 2 aliphatic rings. The first-order valence-corrected chi connectivity index (χ1v) is 10.4. The Bertz CT molecular complexity index is 894. The zero-order chi connectivity index (χ0) is 20.4. The van der Waals surface area contributed by atoms with Gasteiger partial charge in [-0.2, -0.15) is 0 Å². The van der Waals surface area contributed by atoms with Crippen LogP contribution in [0.1, 0.15) is 48.9 Å². The highest BCUT2D eigenvalue weighted by Gasteiger charge is 2.30. The molecule has 5 heteroatoms. The number of carbonyl (C=O) groups is 1. The van der Waals surface area contributed by atoms with Gasteiger partial charge >= 0.3 is 0 Å². The quantitative estimate of drug-likeness (QED) is 0.731. The van der Waals surface area contributed by atoms with E-state index >= 15 is 0 Å². The topological polar surface area (TPSA) is 48.0 Å². The maximum atomic E-state index is 13.0. The van der Waals surface area contributed by atoms with E-state index in [1.165, 1.54) is 11.1 Å². The van der Waals surface area contributed by atoms with Gasteiger partial charge in [-0.3, -0.25) is 4.79 Å². The van der Waals surface area contributed by atoms with Crippen LogP contribution in [0, 0.1) is 0 Å². The fourth-order valence-corrected chi connectivity index (χ4v) is 4.50. The first-order chi connectivity index (χ1) is 14.1. The third-order valence-electron chi connectivity index (χ3n) is 5.95. The summed E-state index contributed by atoms with van der Waals surface area (Å²) < 4.78 is 16.6. The minimum atomic E-state index is 0.108. The molecule has 4 rings (SSSR count). The summed E-state index contributed by atoms with van der Waals surface area (Å²) in [5, 5.41) is 0. The van der Waals surface area contributed by atoms with Crippen molar-refractivity contribution in [3.8, 4) is 17.2 Å². The van der Waals surface area contributed by atoms with E-state index in [1.807, 2.05) is 29.2 Å². The number of likely N-dealkylation sites (tertiary alicyclic amines) is 1. The fraction of sp³-hybridized carbons (Fsp3) is 0.458. The van der Waals surface area contributed by atoms with Crippen molar-refractivity contribution in [3.05, 3.63) is 53.1 Å². The second-order valence-electron chi connectivity index (χ2n) is 7.93. The first kappa shape index (κ1) is 19.6. The lowest BCUT2D eigenvalue weighted by Crippen LogP contribution is -2.30. The third kappa shape index (κ3) is 4.04. The van der Waals surface area contributed by atoms with Crippen molar-refractivity contribution in [1.29, 1.82) is 0 Å². The van der Waals surface area contributed by atoms with Gasteiger partial charge in [-0.25, -0.2) is 0 Å². The number of ether oxygens (including phenoxy) is 3. The average Bonchev–Trinajstić information content (AvgIpc) is 3.36. The van der Waals surface area contributed by atoms with Crippen molar-refractivity contribution < 1.29 is 19.0 Å². The fourth-order valence-electron chi connectivity index (χ4n) is 4.50. The molecule has 29 heavy (non-hydrogen) atoms. The molecule has 0 N–H and O–H groups in total. The Morgan fingerprint density at radius 3 is 2.76 bits per heavy atom. The average molecular weight is 395 g/mol. The van der Waals surface area contributed by atoms with E-state index in [-0.39, 0.29) is 18.1 Å². The van der Waals surface area contributed by atoms with E-state index < -0.39 is 0 Å². The zero-order valence-electron chi connectivity index (χ0n) is 17.4. The van der Waals surface area contributed by atoms with Crippen molar-refractivity contribution in [1.82, 2.24) is 4.90 Å². The summed E-state index contributed by atoms with van der Waals surface area (Å²) >= 11 is 0. The van der Waals surface area contributed by atoms with Gasteiger partial charge < -0.3 is 19.1 Å². The molecular formula is C24H29NO4. The molecule has 154 valence electrons. The van der Waals surface area contributed by atoms with Gasteiger partial charge in [0.1, 0.15) is 11.9 Å². The molecule has 0 unspecified atom stereocenters. The summed E-state index contributed by atoms with van der Waals surface area (Å²) in [6.45, 7) is 2.90. The summed E-state index contributed by atoms with van der Waals surface area (Å²) in [7, 11) is 3.27. The SMILES string of the molecule is COc1ccc([C@@H]2CCCN2C(=O)CCc2ccc3c(c2)C[C@H](C)O3)cc1OC. The van der Waals surface area contributed by atoms with Crippen molar-refractivity contribution in [3.63, 3.8) is 0 Å². The minimum Gasteiger partial charge on any atom is -0.493 e. The number of amides is 1. The van der Waals surface area contributed by atoms with Crippen molar-refractivity contribution in [2.24, 2.45) is 0 Å². The lowest BCUT2D eigenvalue weighted by atomic mass is 10.0. The van der Waals surface area contributed by atoms with Gasteiger partial charge in [0.25, 0.3) is 0 Å². The van der Waals surface area contributed by atoms with Crippen LogP contribution >= 0.6 is 0 Å². The Kier molecular flexibility index (Phi) is 5.65. The van der Waals surface area contributed by atoms with Crippen LogP contribution in [0.25, 0.3) is 0 Å². The van der Waals surface area contributed by atoms with Gasteiger partial charge in [0.05, 0.1) is 20.3 Å². The molecule has 0 radical (unpaired) electrons. The highest BCUT2D eigenvalue weighted by molar-refractivity contribution is 5.77. The van der Waals surface area contributed by atoms with E-state index in [0.717, 1.165) is 43.5 Å².